The van der Waals surface area contributed by atoms with Gasteiger partial charge in [-0.25, -0.2) is 4.99 Å². The molecule has 1 aromatic rings. The predicted octanol–water partition coefficient (Wildman–Crippen LogP) is 1.63. The summed E-state index contributed by atoms with van der Waals surface area (Å²) in [5.41, 5.74) is 1.15. The Balaban J connectivity index is 1.88. The Morgan fingerprint density at radius 1 is 1.29 bits per heavy atom. The van der Waals surface area contributed by atoms with Gasteiger partial charge < -0.3 is 10.1 Å². The molecule has 0 radical (unpaired) electrons. The maximum Gasteiger partial charge on any atom is 0.288 e. The Bertz CT molecular complexity index is 344. The molecule has 2 rings (SSSR count). The van der Waals surface area contributed by atoms with E-state index >= 15 is 0 Å². The van der Waals surface area contributed by atoms with Crippen LogP contribution in [0.2, 0.25) is 0 Å². The van der Waals surface area contributed by atoms with Crippen molar-refractivity contribution in [3.8, 4) is 0 Å². The first-order valence-electron chi connectivity index (χ1n) is 4.60. The first-order valence-corrected chi connectivity index (χ1v) is 4.60. The molecule has 0 aliphatic carbocycles. The highest BCUT2D eigenvalue weighted by Gasteiger charge is 2.02. The molecule has 0 bridgehead atoms. The van der Waals surface area contributed by atoms with Crippen molar-refractivity contribution < 1.29 is 4.74 Å². The molecule has 3 heteroatoms. The number of hydrogen-bond acceptors (Lipinski definition) is 3. The first-order chi connectivity index (χ1) is 6.95. The lowest BCUT2D eigenvalue weighted by atomic mass is 10.2. The van der Waals surface area contributed by atoms with Crippen LogP contribution in [0.15, 0.2) is 41.5 Å². The minimum atomic E-state index is 0.609. The van der Waals surface area contributed by atoms with E-state index in [0.717, 1.165) is 12.1 Å². The largest absolute Gasteiger partial charge is 0.463 e. The molecule has 0 amide bonds. The van der Waals surface area contributed by atoms with Crippen molar-refractivity contribution in [3.05, 3.63) is 42.1 Å². The van der Waals surface area contributed by atoms with Crippen molar-refractivity contribution in [2.45, 2.75) is 0 Å². The van der Waals surface area contributed by atoms with Crippen LogP contribution < -0.4 is 5.32 Å². The molecule has 1 aromatic carbocycles. The normalized spacial score (nSPS) is 15.3. The minimum Gasteiger partial charge on any atom is -0.463 e. The van der Waals surface area contributed by atoms with Gasteiger partial charge in [0.1, 0.15) is 6.61 Å². The van der Waals surface area contributed by atoms with Crippen molar-refractivity contribution in [3.63, 3.8) is 0 Å². The molecule has 0 atom stereocenters. The summed E-state index contributed by atoms with van der Waals surface area (Å²) in [6.45, 7) is 1.43. The zero-order valence-corrected chi connectivity index (χ0v) is 7.81. The standard InChI is InChI=1S/C11H12N2O/c1-2-4-10(5-3-1)6-7-12-11-13-8-9-14-11/h1-7H,8-9H2,(H,12,13). The molecule has 72 valence electrons. The summed E-state index contributed by atoms with van der Waals surface area (Å²) in [7, 11) is 0. The van der Waals surface area contributed by atoms with Gasteiger partial charge in [0.25, 0.3) is 6.02 Å². The minimum absolute atomic E-state index is 0.609. The summed E-state index contributed by atoms with van der Waals surface area (Å²) in [4.78, 5) is 4.10. The molecular formula is C11H12N2O. The quantitative estimate of drug-likeness (QED) is 0.765. The van der Waals surface area contributed by atoms with Gasteiger partial charge in [0.15, 0.2) is 0 Å². The average molecular weight is 188 g/mol. The third-order valence-electron chi connectivity index (χ3n) is 1.87. The number of ether oxygens (including phenoxy) is 1. The van der Waals surface area contributed by atoms with E-state index in [1.807, 2.05) is 42.6 Å². The van der Waals surface area contributed by atoms with E-state index in [2.05, 4.69) is 10.3 Å². The summed E-state index contributed by atoms with van der Waals surface area (Å²) >= 11 is 0. The Kier molecular flexibility index (Phi) is 2.81. The van der Waals surface area contributed by atoms with Crippen LogP contribution in [0.1, 0.15) is 5.56 Å². The lowest BCUT2D eigenvalue weighted by Gasteiger charge is -1.98. The highest BCUT2D eigenvalue weighted by atomic mass is 16.5. The van der Waals surface area contributed by atoms with E-state index in [-0.39, 0.29) is 0 Å². The van der Waals surface area contributed by atoms with Gasteiger partial charge in [0, 0.05) is 6.20 Å². The number of benzene rings is 1. The van der Waals surface area contributed by atoms with Gasteiger partial charge in [-0.1, -0.05) is 30.3 Å². The van der Waals surface area contributed by atoms with Crippen LogP contribution >= 0.6 is 0 Å². The second-order valence-electron chi connectivity index (χ2n) is 2.92. The molecule has 0 fully saturated rings. The Morgan fingerprint density at radius 2 is 2.14 bits per heavy atom. The molecule has 1 heterocycles. The van der Waals surface area contributed by atoms with Gasteiger partial charge in [0.2, 0.25) is 0 Å². The van der Waals surface area contributed by atoms with Crippen molar-refractivity contribution >= 4 is 12.1 Å². The van der Waals surface area contributed by atoms with Crippen molar-refractivity contribution in [1.29, 1.82) is 0 Å². The van der Waals surface area contributed by atoms with E-state index in [0.29, 0.717) is 12.6 Å². The number of nitrogens with zero attached hydrogens (tertiary/aromatic N) is 1. The van der Waals surface area contributed by atoms with Crippen LogP contribution in [0.3, 0.4) is 0 Å². The highest BCUT2D eigenvalue weighted by Crippen LogP contribution is 2.00. The van der Waals surface area contributed by atoms with Crippen LogP contribution in [0.5, 0.6) is 0 Å². The van der Waals surface area contributed by atoms with Crippen LogP contribution in [-0.2, 0) is 4.74 Å². The fraction of sp³-hybridized carbons (Fsp3) is 0.182. The van der Waals surface area contributed by atoms with E-state index < -0.39 is 0 Å². The average Bonchev–Trinajstić information content (AvgIpc) is 2.72. The molecule has 1 aliphatic rings. The highest BCUT2D eigenvalue weighted by molar-refractivity contribution is 5.76. The number of hydrogen-bond donors (Lipinski definition) is 1. The molecule has 0 spiro atoms. The van der Waals surface area contributed by atoms with Gasteiger partial charge in [-0.05, 0) is 11.6 Å². The zero-order chi connectivity index (χ0) is 9.64. The van der Waals surface area contributed by atoms with Crippen LogP contribution in [0, 0.1) is 0 Å². The smallest absolute Gasteiger partial charge is 0.288 e. The summed E-state index contributed by atoms with van der Waals surface area (Å²) in [6.07, 6.45) is 3.81. The topological polar surface area (TPSA) is 33.6 Å². The molecule has 14 heavy (non-hydrogen) atoms. The molecular weight excluding hydrogens is 176 g/mol. The second-order valence-corrected chi connectivity index (χ2v) is 2.92. The Labute approximate surface area is 83.1 Å². The summed E-state index contributed by atoms with van der Waals surface area (Å²) in [6, 6.07) is 10.7. The monoisotopic (exact) mass is 188 g/mol. The molecule has 0 unspecified atom stereocenters. The van der Waals surface area contributed by atoms with Crippen LogP contribution in [-0.4, -0.2) is 19.2 Å². The maximum absolute atomic E-state index is 5.18. The van der Waals surface area contributed by atoms with Crippen molar-refractivity contribution in [2.75, 3.05) is 13.2 Å². The third-order valence-corrected chi connectivity index (χ3v) is 1.87. The number of rotatable bonds is 2. The molecule has 0 aromatic heterocycles. The van der Waals surface area contributed by atoms with E-state index in [1.165, 1.54) is 0 Å². The lowest BCUT2D eigenvalue weighted by molar-refractivity contribution is 0.336. The fourth-order valence-corrected chi connectivity index (χ4v) is 1.20. The van der Waals surface area contributed by atoms with Crippen LogP contribution in [0.4, 0.5) is 0 Å². The van der Waals surface area contributed by atoms with Crippen LogP contribution in [0.25, 0.3) is 6.08 Å². The Morgan fingerprint density at radius 3 is 2.86 bits per heavy atom. The fourth-order valence-electron chi connectivity index (χ4n) is 1.20. The number of nitrogens with one attached hydrogen (secondary N) is 1. The van der Waals surface area contributed by atoms with Gasteiger partial charge in [0.05, 0.1) is 6.54 Å². The number of aliphatic imine (C=N–C) groups is 1. The van der Waals surface area contributed by atoms with E-state index in [1.54, 1.807) is 0 Å². The van der Waals surface area contributed by atoms with Gasteiger partial charge in [-0.15, -0.1) is 0 Å². The number of amidine groups is 1. The predicted molar refractivity (Wildman–Crippen MR) is 56.9 cm³/mol. The maximum atomic E-state index is 5.18. The van der Waals surface area contributed by atoms with E-state index in [4.69, 9.17) is 4.74 Å². The van der Waals surface area contributed by atoms with Gasteiger partial charge in [-0.2, -0.15) is 0 Å². The third kappa shape index (κ3) is 2.36. The molecule has 3 nitrogen and oxygen atoms in total. The summed E-state index contributed by atoms with van der Waals surface area (Å²) < 4.78 is 5.18. The second kappa shape index (κ2) is 4.46. The lowest BCUT2D eigenvalue weighted by Crippen LogP contribution is -2.16. The SMILES string of the molecule is C(=Cc1ccccc1)NC1=NCCO1. The molecule has 0 saturated heterocycles. The summed E-state index contributed by atoms with van der Waals surface area (Å²) in [5, 5.41) is 2.98. The van der Waals surface area contributed by atoms with Gasteiger partial charge in [-0.3, -0.25) is 0 Å². The molecule has 1 N–H and O–H groups in total. The van der Waals surface area contributed by atoms with E-state index in [9.17, 15) is 0 Å². The zero-order valence-electron chi connectivity index (χ0n) is 7.81. The van der Waals surface area contributed by atoms with Crippen molar-refractivity contribution in [2.24, 2.45) is 4.99 Å². The Hall–Kier alpha value is -1.77. The molecule has 0 saturated carbocycles. The van der Waals surface area contributed by atoms with Gasteiger partial charge >= 0.3 is 0 Å². The van der Waals surface area contributed by atoms with Crippen molar-refractivity contribution in [1.82, 2.24) is 5.32 Å². The first kappa shape index (κ1) is 8.81. The molecule has 1 aliphatic heterocycles. The summed E-state index contributed by atoms with van der Waals surface area (Å²) in [5.74, 6) is 0.